The number of hydrogen-bond donors (Lipinski definition) is 0. The minimum Gasteiger partial charge on any atom is -0.457 e. The van der Waals surface area contributed by atoms with E-state index in [0.29, 0.717) is 18.6 Å². The van der Waals surface area contributed by atoms with Crippen LogP contribution in [0.2, 0.25) is 0 Å². The molecule has 7 nitrogen and oxygen atoms in total. The van der Waals surface area contributed by atoms with Gasteiger partial charge in [0.2, 0.25) is 0 Å². The second-order valence-corrected chi connectivity index (χ2v) is 11.5. The highest BCUT2D eigenvalue weighted by Crippen LogP contribution is 2.55. The maximum absolute atomic E-state index is 13.4. The highest BCUT2D eigenvalue weighted by molar-refractivity contribution is 7.87. The molecule has 0 spiro atoms. The molecule has 0 amide bonds. The molecule has 2 rings (SSSR count). The normalized spacial score (nSPS) is 13.3. The van der Waals surface area contributed by atoms with Crippen LogP contribution in [-0.2, 0) is 34.3 Å². The van der Waals surface area contributed by atoms with E-state index in [0.717, 1.165) is 11.3 Å². The average molecular weight is 485 g/mol. The quantitative estimate of drug-likeness (QED) is 0.247. The van der Waals surface area contributed by atoms with Gasteiger partial charge in [0.15, 0.2) is 0 Å². The first-order chi connectivity index (χ1) is 15.2. The molecule has 0 aliphatic carbocycles. The van der Waals surface area contributed by atoms with E-state index in [2.05, 4.69) is 0 Å². The summed E-state index contributed by atoms with van der Waals surface area (Å²) in [5, 5.41) is 0. The molecular formula is C23H33O7PS. The van der Waals surface area contributed by atoms with Crippen molar-refractivity contribution in [2.24, 2.45) is 0 Å². The molecule has 32 heavy (non-hydrogen) atoms. The van der Waals surface area contributed by atoms with Gasteiger partial charge in [-0.25, -0.2) is 0 Å². The van der Waals surface area contributed by atoms with Gasteiger partial charge in [0.25, 0.3) is 10.1 Å². The van der Waals surface area contributed by atoms with Gasteiger partial charge < -0.3 is 13.8 Å². The lowest BCUT2D eigenvalue weighted by Gasteiger charge is -2.26. The number of benzene rings is 2. The van der Waals surface area contributed by atoms with Crippen molar-refractivity contribution in [2.45, 2.75) is 52.3 Å². The van der Waals surface area contributed by atoms with Crippen molar-refractivity contribution in [2.75, 3.05) is 19.0 Å². The molecule has 1 unspecified atom stereocenters. The summed E-state index contributed by atoms with van der Waals surface area (Å²) in [5.41, 5.74) is 0.114. The van der Waals surface area contributed by atoms with Gasteiger partial charge in [-0.1, -0.05) is 30.3 Å². The zero-order valence-electron chi connectivity index (χ0n) is 19.1. The molecule has 1 atom stereocenters. The van der Waals surface area contributed by atoms with Crippen LogP contribution in [0.15, 0.2) is 54.6 Å². The lowest BCUT2D eigenvalue weighted by molar-refractivity contribution is 0.210. The summed E-state index contributed by atoms with van der Waals surface area (Å²) >= 11 is 0. The number of para-hydroxylation sites is 1. The Morgan fingerprint density at radius 1 is 0.875 bits per heavy atom. The van der Waals surface area contributed by atoms with E-state index in [4.69, 9.17) is 18.0 Å². The third-order valence-electron chi connectivity index (χ3n) is 4.47. The number of aryl methyl sites for hydroxylation is 1. The Labute approximate surface area is 191 Å². The molecule has 0 bridgehead atoms. The van der Waals surface area contributed by atoms with E-state index in [1.807, 2.05) is 54.6 Å². The topological polar surface area (TPSA) is 88.1 Å². The molecule has 2 aromatic rings. The Morgan fingerprint density at radius 3 is 1.97 bits per heavy atom. The molecule has 0 aromatic heterocycles. The second kappa shape index (κ2) is 12.5. The summed E-state index contributed by atoms with van der Waals surface area (Å²) in [6.45, 7) is 6.99. The summed E-state index contributed by atoms with van der Waals surface area (Å²) in [5.74, 6) is 1.00. The van der Waals surface area contributed by atoms with Crippen LogP contribution in [-0.4, -0.2) is 39.1 Å². The van der Waals surface area contributed by atoms with Crippen molar-refractivity contribution >= 4 is 17.7 Å². The standard InChI is InChI=1S/C23H33O7PS/c1-5-27-31(24,28-6-2)23(18-32(25,26)30-19(3)4)17-14-20-12-15-22(16-13-20)29-21-10-8-7-9-11-21/h7-13,15-16,19,23H,5-6,14,17-18H2,1-4H3. The summed E-state index contributed by atoms with van der Waals surface area (Å²) < 4.78 is 60.1. The molecule has 0 aliphatic heterocycles. The number of ether oxygens (including phenoxy) is 1. The lowest BCUT2D eigenvalue weighted by Crippen LogP contribution is -2.27. The van der Waals surface area contributed by atoms with Gasteiger partial charge in [-0.05, 0) is 70.4 Å². The fraction of sp³-hybridized carbons (Fsp3) is 0.478. The molecule has 0 saturated heterocycles. The van der Waals surface area contributed by atoms with Crippen LogP contribution < -0.4 is 4.74 Å². The number of hydrogen-bond acceptors (Lipinski definition) is 7. The van der Waals surface area contributed by atoms with Gasteiger partial charge in [0.05, 0.1) is 30.7 Å². The third-order valence-corrected chi connectivity index (χ3v) is 8.78. The largest absolute Gasteiger partial charge is 0.457 e. The van der Waals surface area contributed by atoms with E-state index in [1.54, 1.807) is 27.7 Å². The van der Waals surface area contributed by atoms with Crippen molar-refractivity contribution in [3.05, 3.63) is 60.2 Å². The van der Waals surface area contributed by atoms with Gasteiger partial charge in [-0.15, -0.1) is 0 Å². The molecule has 0 heterocycles. The van der Waals surface area contributed by atoms with Crippen LogP contribution in [0.1, 0.15) is 39.7 Å². The highest BCUT2D eigenvalue weighted by Gasteiger charge is 2.39. The van der Waals surface area contributed by atoms with E-state index < -0.39 is 35.2 Å². The molecule has 9 heteroatoms. The van der Waals surface area contributed by atoms with E-state index in [-0.39, 0.29) is 13.2 Å². The maximum atomic E-state index is 13.4. The highest BCUT2D eigenvalue weighted by atomic mass is 32.2. The monoisotopic (exact) mass is 484 g/mol. The first-order valence-corrected chi connectivity index (χ1v) is 14.0. The summed E-state index contributed by atoms with van der Waals surface area (Å²) in [4.78, 5) is 0. The van der Waals surface area contributed by atoms with Crippen LogP contribution in [0.5, 0.6) is 11.5 Å². The predicted octanol–water partition coefficient (Wildman–Crippen LogP) is 5.80. The number of rotatable bonds is 14. The van der Waals surface area contributed by atoms with Gasteiger partial charge in [0.1, 0.15) is 11.5 Å². The molecule has 178 valence electrons. The molecular weight excluding hydrogens is 451 g/mol. The molecule has 0 fully saturated rings. The third kappa shape index (κ3) is 8.68. The minimum atomic E-state index is -3.90. The summed E-state index contributed by atoms with van der Waals surface area (Å²) in [6.07, 6.45) is 0.297. The Hall–Kier alpha value is -1.70. The SMILES string of the molecule is CCOP(=O)(OCC)C(CCc1ccc(Oc2ccccc2)cc1)CS(=O)(=O)OC(C)C. The Bertz CT molecular complexity index is 950. The van der Waals surface area contributed by atoms with Gasteiger partial charge in [0, 0.05) is 0 Å². The van der Waals surface area contributed by atoms with E-state index in [1.165, 1.54) is 0 Å². The lowest BCUT2D eigenvalue weighted by atomic mass is 10.1. The van der Waals surface area contributed by atoms with Crippen molar-refractivity contribution in [3.8, 4) is 11.5 Å². The molecule has 2 aromatic carbocycles. The molecule has 0 saturated carbocycles. The van der Waals surface area contributed by atoms with Crippen molar-refractivity contribution in [1.29, 1.82) is 0 Å². The van der Waals surface area contributed by atoms with Gasteiger partial charge in [-0.2, -0.15) is 8.42 Å². The van der Waals surface area contributed by atoms with Crippen LogP contribution in [0.4, 0.5) is 0 Å². The van der Waals surface area contributed by atoms with Crippen LogP contribution in [0.25, 0.3) is 0 Å². The zero-order valence-corrected chi connectivity index (χ0v) is 20.8. The predicted molar refractivity (Wildman–Crippen MR) is 126 cm³/mol. The average Bonchev–Trinajstić information content (AvgIpc) is 2.72. The Kier molecular flexibility index (Phi) is 10.4. The van der Waals surface area contributed by atoms with Crippen LogP contribution in [0.3, 0.4) is 0 Å². The second-order valence-electron chi connectivity index (χ2n) is 7.50. The molecule has 0 radical (unpaired) electrons. The summed E-state index contributed by atoms with van der Waals surface area (Å²) in [7, 11) is -7.54. The van der Waals surface area contributed by atoms with Gasteiger partial charge in [-0.3, -0.25) is 8.75 Å². The van der Waals surface area contributed by atoms with Crippen molar-refractivity contribution in [1.82, 2.24) is 0 Å². The van der Waals surface area contributed by atoms with E-state index >= 15 is 0 Å². The molecule has 0 N–H and O–H groups in total. The zero-order chi connectivity index (χ0) is 23.6. The Balaban J connectivity index is 2.13. The van der Waals surface area contributed by atoms with Gasteiger partial charge >= 0.3 is 7.60 Å². The van der Waals surface area contributed by atoms with E-state index in [9.17, 15) is 13.0 Å². The molecule has 0 aliphatic rings. The van der Waals surface area contributed by atoms with Crippen molar-refractivity contribution < 1.29 is 31.0 Å². The van der Waals surface area contributed by atoms with Crippen molar-refractivity contribution in [3.63, 3.8) is 0 Å². The fourth-order valence-corrected chi connectivity index (χ4v) is 7.43. The smallest absolute Gasteiger partial charge is 0.334 e. The summed E-state index contributed by atoms with van der Waals surface area (Å²) in [6, 6.07) is 17.0. The Morgan fingerprint density at radius 2 is 1.44 bits per heavy atom. The van der Waals surface area contributed by atoms with Crippen LogP contribution >= 0.6 is 7.60 Å². The maximum Gasteiger partial charge on any atom is 0.334 e. The fourth-order valence-electron chi connectivity index (χ4n) is 3.19. The van der Waals surface area contributed by atoms with Crippen LogP contribution in [0, 0.1) is 0 Å². The first-order valence-electron chi connectivity index (χ1n) is 10.8. The first kappa shape index (κ1) is 26.6. The minimum absolute atomic E-state index is 0.157.